The highest BCUT2D eigenvalue weighted by molar-refractivity contribution is 5.87. The number of halogens is 1. The fourth-order valence-corrected chi connectivity index (χ4v) is 2.58. The summed E-state index contributed by atoms with van der Waals surface area (Å²) >= 11 is 0. The van der Waals surface area contributed by atoms with Crippen molar-refractivity contribution in [3.05, 3.63) is 35.9 Å². The van der Waals surface area contributed by atoms with Crippen LogP contribution < -0.4 is 5.73 Å². The second-order valence-electron chi connectivity index (χ2n) is 5.54. The number of morpholine rings is 1. The standard InChI is InChI=1S/C15H22N2O2.ClH/c1-11-9-17(10-12(2)19-11)14(18)15(3,16)13-7-5-4-6-8-13;/h4-8,11-12H,9-10,16H2,1-3H3;1H/t11-,12+,15?;. The molecule has 1 heterocycles. The molecule has 20 heavy (non-hydrogen) atoms. The molecule has 2 rings (SSSR count). The molecule has 1 amide bonds. The van der Waals surface area contributed by atoms with Crippen molar-refractivity contribution in [1.82, 2.24) is 4.90 Å². The van der Waals surface area contributed by atoms with E-state index in [4.69, 9.17) is 10.5 Å². The van der Waals surface area contributed by atoms with Crippen LogP contribution in [-0.2, 0) is 15.1 Å². The maximum absolute atomic E-state index is 12.7. The average molecular weight is 299 g/mol. The Morgan fingerprint density at radius 1 is 1.25 bits per heavy atom. The number of amides is 1. The molecule has 1 aromatic carbocycles. The highest BCUT2D eigenvalue weighted by Gasteiger charge is 2.37. The van der Waals surface area contributed by atoms with Gasteiger partial charge < -0.3 is 15.4 Å². The first-order valence-electron chi connectivity index (χ1n) is 6.70. The molecule has 0 radical (unpaired) electrons. The Kier molecular flexibility index (Phi) is 5.57. The summed E-state index contributed by atoms with van der Waals surface area (Å²) in [7, 11) is 0. The van der Waals surface area contributed by atoms with Crippen molar-refractivity contribution in [2.45, 2.75) is 38.5 Å². The maximum atomic E-state index is 12.7. The molecule has 1 aromatic rings. The van der Waals surface area contributed by atoms with Gasteiger partial charge in [0.2, 0.25) is 5.91 Å². The molecular weight excluding hydrogens is 276 g/mol. The van der Waals surface area contributed by atoms with Crippen molar-refractivity contribution < 1.29 is 9.53 Å². The lowest BCUT2D eigenvalue weighted by Gasteiger charge is -2.39. The van der Waals surface area contributed by atoms with E-state index in [9.17, 15) is 4.79 Å². The Morgan fingerprint density at radius 3 is 2.25 bits per heavy atom. The van der Waals surface area contributed by atoms with Crippen LogP contribution in [0, 0.1) is 0 Å². The molecule has 1 aliphatic rings. The summed E-state index contributed by atoms with van der Waals surface area (Å²) in [4.78, 5) is 14.5. The van der Waals surface area contributed by atoms with Crippen LogP contribution in [0.3, 0.4) is 0 Å². The van der Waals surface area contributed by atoms with Crippen LogP contribution in [0.4, 0.5) is 0 Å². The van der Waals surface area contributed by atoms with Crippen molar-refractivity contribution in [3.63, 3.8) is 0 Å². The van der Waals surface area contributed by atoms with Crippen LogP contribution in [0.1, 0.15) is 26.3 Å². The first kappa shape index (κ1) is 17.0. The normalized spacial score (nSPS) is 25.5. The summed E-state index contributed by atoms with van der Waals surface area (Å²) in [5.74, 6) is -0.0410. The minimum absolute atomic E-state index is 0. The SMILES string of the molecule is C[C@@H]1CN(C(=O)C(C)(N)c2ccccc2)C[C@H](C)O1.Cl. The molecule has 0 aromatic heterocycles. The topological polar surface area (TPSA) is 55.6 Å². The Labute approximate surface area is 126 Å². The van der Waals surface area contributed by atoms with E-state index in [2.05, 4.69) is 0 Å². The van der Waals surface area contributed by atoms with Gasteiger partial charge in [-0.1, -0.05) is 30.3 Å². The van der Waals surface area contributed by atoms with Crippen LogP contribution in [0.25, 0.3) is 0 Å². The Bertz CT molecular complexity index is 440. The van der Waals surface area contributed by atoms with Gasteiger partial charge >= 0.3 is 0 Å². The first-order chi connectivity index (χ1) is 8.91. The number of carbonyl (C=O) groups excluding carboxylic acids is 1. The number of nitrogens with two attached hydrogens (primary N) is 1. The molecule has 0 spiro atoms. The van der Waals surface area contributed by atoms with E-state index in [1.54, 1.807) is 6.92 Å². The summed E-state index contributed by atoms with van der Waals surface area (Å²) in [5, 5.41) is 0. The second kappa shape index (κ2) is 6.57. The van der Waals surface area contributed by atoms with Crippen LogP contribution in [0.2, 0.25) is 0 Å². The van der Waals surface area contributed by atoms with Crippen molar-refractivity contribution in [3.8, 4) is 0 Å². The molecule has 1 fully saturated rings. The van der Waals surface area contributed by atoms with Gasteiger partial charge in [-0.15, -0.1) is 12.4 Å². The highest BCUT2D eigenvalue weighted by Crippen LogP contribution is 2.22. The molecule has 4 nitrogen and oxygen atoms in total. The molecule has 5 heteroatoms. The van der Waals surface area contributed by atoms with Gasteiger partial charge in [-0.25, -0.2) is 0 Å². The highest BCUT2D eigenvalue weighted by atomic mass is 35.5. The summed E-state index contributed by atoms with van der Waals surface area (Å²) < 4.78 is 5.65. The van der Waals surface area contributed by atoms with Crippen LogP contribution in [-0.4, -0.2) is 36.1 Å². The largest absolute Gasteiger partial charge is 0.372 e. The number of carbonyl (C=O) groups is 1. The van der Waals surface area contributed by atoms with E-state index in [0.717, 1.165) is 5.56 Å². The van der Waals surface area contributed by atoms with Gasteiger partial charge in [0, 0.05) is 13.1 Å². The Hall–Kier alpha value is -1.10. The number of ether oxygens (including phenoxy) is 1. The minimum atomic E-state index is -0.988. The maximum Gasteiger partial charge on any atom is 0.247 e. The van der Waals surface area contributed by atoms with Crippen LogP contribution in [0.5, 0.6) is 0 Å². The summed E-state index contributed by atoms with van der Waals surface area (Å²) in [6, 6.07) is 9.51. The number of benzene rings is 1. The van der Waals surface area contributed by atoms with Crippen molar-refractivity contribution >= 4 is 18.3 Å². The molecule has 0 aliphatic carbocycles. The van der Waals surface area contributed by atoms with Crippen molar-refractivity contribution in [2.24, 2.45) is 5.73 Å². The second-order valence-corrected chi connectivity index (χ2v) is 5.54. The van der Waals surface area contributed by atoms with E-state index < -0.39 is 5.54 Å². The number of hydrogen-bond donors (Lipinski definition) is 1. The van der Waals surface area contributed by atoms with E-state index in [0.29, 0.717) is 13.1 Å². The predicted octanol–water partition coefficient (Wildman–Crippen LogP) is 1.92. The smallest absolute Gasteiger partial charge is 0.247 e. The lowest BCUT2D eigenvalue weighted by molar-refractivity contribution is -0.148. The van der Waals surface area contributed by atoms with Gasteiger partial charge in [0.05, 0.1) is 12.2 Å². The predicted molar refractivity (Wildman–Crippen MR) is 81.8 cm³/mol. The zero-order valence-electron chi connectivity index (χ0n) is 12.2. The van der Waals surface area contributed by atoms with Gasteiger partial charge in [-0.2, -0.15) is 0 Å². The minimum Gasteiger partial charge on any atom is -0.372 e. The molecular formula is C15H23ClN2O2. The summed E-state index contributed by atoms with van der Waals surface area (Å²) in [5.41, 5.74) is 6.12. The van der Waals surface area contributed by atoms with Crippen LogP contribution >= 0.6 is 12.4 Å². The fraction of sp³-hybridized carbons (Fsp3) is 0.533. The quantitative estimate of drug-likeness (QED) is 0.907. The zero-order chi connectivity index (χ0) is 14.0. The molecule has 1 saturated heterocycles. The summed E-state index contributed by atoms with van der Waals surface area (Å²) in [6.45, 7) is 6.93. The van der Waals surface area contributed by atoms with Gasteiger partial charge in [0.1, 0.15) is 5.54 Å². The van der Waals surface area contributed by atoms with E-state index in [1.807, 2.05) is 49.1 Å². The lowest BCUT2D eigenvalue weighted by atomic mass is 9.91. The van der Waals surface area contributed by atoms with E-state index in [-0.39, 0.29) is 30.5 Å². The first-order valence-corrected chi connectivity index (χ1v) is 6.70. The third-order valence-electron chi connectivity index (χ3n) is 3.52. The molecule has 0 bridgehead atoms. The molecule has 1 aliphatic heterocycles. The Morgan fingerprint density at radius 2 is 1.75 bits per heavy atom. The van der Waals surface area contributed by atoms with Crippen LogP contribution in [0.15, 0.2) is 30.3 Å². The van der Waals surface area contributed by atoms with Crippen molar-refractivity contribution in [1.29, 1.82) is 0 Å². The zero-order valence-corrected chi connectivity index (χ0v) is 13.0. The lowest BCUT2D eigenvalue weighted by Crippen LogP contribution is -2.56. The molecule has 1 unspecified atom stereocenters. The van der Waals surface area contributed by atoms with Gasteiger partial charge in [0.15, 0.2) is 0 Å². The summed E-state index contributed by atoms with van der Waals surface area (Å²) in [6.07, 6.45) is 0.110. The third-order valence-corrected chi connectivity index (χ3v) is 3.52. The monoisotopic (exact) mass is 298 g/mol. The number of rotatable bonds is 2. The number of hydrogen-bond acceptors (Lipinski definition) is 3. The van der Waals surface area contributed by atoms with Gasteiger partial charge in [-0.3, -0.25) is 4.79 Å². The molecule has 3 atom stereocenters. The molecule has 0 saturated carbocycles. The van der Waals surface area contributed by atoms with Gasteiger partial charge in [0.25, 0.3) is 0 Å². The Balaban J connectivity index is 0.00000200. The fourth-order valence-electron chi connectivity index (χ4n) is 2.58. The third kappa shape index (κ3) is 3.51. The average Bonchev–Trinajstić information content (AvgIpc) is 2.37. The number of nitrogens with zero attached hydrogens (tertiary/aromatic N) is 1. The molecule has 2 N–H and O–H groups in total. The van der Waals surface area contributed by atoms with Gasteiger partial charge in [-0.05, 0) is 26.3 Å². The van der Waals surface area contributed by atoms with Crippen molar-refractivity contribution in [2.75, 3.05) is 13.1 Å². The van der Waals surface area contributed by atoms with E-state index >= 15 is 0 Å². The van der Waals surface area contributed by atoms with E-state index in [1.165, 1.54) is 0 Å². The molecule has 112 valence electrons.